The molecule has 26 heavy (non-hydrogen) atoms. The molecule has 3 aromatic rings. The van der Waals surface area contributed by atoms with Gasteiger partial charge in [-0.15, -0.1) is 0 Å². The van der Waals surface area contributed by atoms with Crippen LogP contribution in [0, 0.1) is 0 Å². The Kier molecular flexibility index (Phi) is 4.80. The Morgan fingerprint density at radius 2 is 2.04 bits per heavy atom. The summed E-state index contributed by atoms with van der Waals surface area (Å²) in [5, 5.41) is 8.65. The summed E-state index contributed by atoms with van der Waals surface area (Å²) < 4.78 is 7.39. The summed E-state index contributed by atoms with van der Waals surface area (Å²) in [6, 6.07) is 11.3. The number of benzene rings is 1. The lowest BCUT2D eigenvalue weighted by atomic mass is 10.1. The summed E-state index contributed by atoms with van der Waals surface area (Å²) in [6.45, 7) is 3.33. The van der Waals surface area contributed by atoms with Crippen LogP contribution in [0.5, 0.6) is 0 Å². The van der Waals surface area contributed by atoms with Gasteiger partial charge in [-0.2, -0.15) is 21.1 Å². The van der Waals surface area contributed by atoms with Crippen LogP contribution < -0.4 is 10.5 Å². The minimum Gasteiger partial charge on any atom is -0.367 e. The maximum atomic E-state index is 12.7. The van der Waals surface area contributed by atoms with Gasteiger partial charge < -0.3 is 9.64 Å². The molecular formula is C19H18ClN3O2S. The standard InChI is InChI=1S/C19H18ClN3O2S/c1-13-10-22(11-17(25-13)14-7-8-26-12-14)16-9-21-23(19(24)18(16)20)15-5-3-2-4-6-15/h2-9,12-13,17H,10-11H2,1H3. The van der Waals surface area contributed by atoms with Crippen molar-refractivity contribution < 1.29 is 4.74 Å². The van der Waals surface area contributed by atoms with Crippen molar-refractivity contribution in [3.05, 3.63) is 74.3 Å². The largest absolute Gasteiger partial charge is 0.367 e. The highest BCUT2D eigenvalue weighted by Gasteiger charge is 2.29. The number of aromatic nitrogens is 2. The molecule has 2 atom stereocenters. The third kappa shape index (κ3) is 3.28. The van der Waals surface area contributed by atoms with Crippen molar-refractivity contribution in [1.82, 2.24) is 9.78 Å². The molecule has 1 aliphatic heterocycles. The molecule has 7 heteroatoms. The lowest BCUT2D eigenvalue weighted by Crippen LogP contribution is -2.43. The summed E-state index contributed by atoms with van der Waals surface area (Å²) in [6.07, 6.45) is 1.65. The first-order valence-electron chi connectivity index (χ1n) is 8.39. The van der Waals surface area contributed by atoms with Gasteiger partial charge in [-0.05, 0) is 41.4 Å². The first-order chi connectivity index (χ1) is 12.6. The van der Waals surface area contributed by atoms with Crippen LogP contribution in [-0.4, -0.2) is 29.0 Å². The first-order valence-corrected chi connectivity index (χ1v) is 9.71. The van der Waals surface area contributed by atoms with Crippen molar-refractivity contribution in [1.29, 1.82) is 0 Å². The van der Waals surface area contributed by atoms with Gasteiger partial charge in [-0.1, -0.05) is 29.8 Å². The zero-order valence-corrected chi connectivity index (χ0v) is 15.8. The number of ether oxygens (including phenoxy) is 1. The van der Waals surface area contributed by atoms with E-state index in [1.807, 2.05) is 42.6 Å². The minimum absolute atomic E-state index is 0.0290. The fraction of sp³-hybridized carbons (Fsp3) is 0.263. The third-order valence-corrected chi connectivity index (χ3v) is 5.47. The van der Waals surface area contributed by atoms with Gasteiger partial charge in [0.25, 0.3) is 5.56 Å². The second-order valence-corrected chi connectivity index (χ2v) is 7.45. The second-order valence-electron chi connectivity index (χ2n) is 6.29. The van der Waals surface area contributed by atoms with Crippen LogP contribution in [0.3, 0.4) is 0 Å². The van der Waals surface area contributed by atoms with Crippen LogP contribution in [0.2, 0.25) is 5.02 Å². The molecule has 0 bridgehead atoms. The topological polar surface area (TPSA) is 47.4 Å². The van der Waals surface area contributed by atoms with Crippen molar-refractivity contribution in [3.63, 3.8) is 0 Å². The van der Waals surface area contributed by atoms with Gasteiger partial charge >= 0.3 is 0 Å². The summed E-state index contributed by atoms with van der Waals surface area (Å²) in [5.41, 5.74) is 2.17. The van der Waals surface area contributed by atoms with Crippen LogP contribution in [0.15, 0.2) is 58.1 Å². The lowest BCUT2D eigenvalue weighted by Gasteiger charge is -2.38. The molecule has 134 valence electrons. The van der Waals surface area contributed by atoms with Gasteiger partial charge in [-0.25, -0.2) is 0 Å². The number of anilines is 1. The number of hydrogen-bond donors (Lipinski definition) is 0. The number of hydrogen-bond acceptors (Lipinski definition) is 5. The van der Waals surface area contributed by atoms with Crippen molar-refractivity contribution in [2.24, 2.45) is 0 Å². The van der Waals surface area contributed by atoms with Gasteiger partial charge in [0, 0.05) is 13.1 Å². The lowest BCUT2D eigenvalue weighted by molar-refractivity contribution is -0.0171. The van der Waals surface area contributed by atoms with Gasteiger partial charge in [0.15, 0.2) is 0 Å². The predicted octanol–water partition coefficient (Wildman–Crippen LogP) is 3.91. The number of nitrogens with zero attached hydrogens (tertiary/aromatic N) is 3. The van der Waals surface area contributed by atoms with E-state index in [-0.39, 0.29) is 22.8 Å². The van der Waals surface area contributed by atoms with E-state index in [1.165, 1.54) is 4.68 Å². The molecule has 1 aliphatic rings. The van der Waals surface area contributed by atoms with E-state index < -0.39 is 0 Å². The van der Waals surface area contributed by atoms with Gasteiger partial charge in [0.1, 0.15) is 11.1 Å². The van der Waals surface area contributed by atoms with Gasteiger partial charge in [-0.3, -0.25) is 4.79 Å². The molecule has 2 aromatic heterocycles. The summed E-state index contributed by atoms with van der Waals surface area (Å²) in [7, 11) is 0. The second kappa shape index (κ2) is 7.23. The molecule has 1 aromatic carbocycles. The van der Waals surface area contributed by atoms with Gasteiger partial charge in [0.2, 0.25) is 0 Å². The number of morpholine rings is 1. The Balaban J connectivity index is 1.67. The molecule has 0 saturated carbocycles. The summed E-state index contributed by atoms with van der Waals surface area (Å²) in [5.74, 6) is 0. The van der Waals surface area contributed by atoms with E-state index in [1.54, 1.807) is 17.5 Å². The summed E-state index contributed by atoms with van der Waals surface area (Å²) >= 11 is 8.09. The highest BCUT2D eigenvalue weighted by atomic mass is 35.5. The van der Waals surface area contributed by atoms with Crippen LogP contribution >= 0.6 is 22.9 Å². The maximum absolute atomic E-state index is 12.7. The van der Waals surface area contributed by atoms with Crippen LogP contribution in [0.4, 0.5) is 5.69 Å². The Morgan fingerprint density at radius 3 is 2.77 bits per heavy atom. The van der Waals surface area contributed by atoms with E-state index >= 15 is 0 Å². The predicted molar refractivity (Wildman–Crippen MR) is 105 cm³/mol. The molecular weight excluding hydrogens is 370 g/mol. The fourth-order valence-electron chi connectivity index (χ4n) is 3.19. The minimum atomic E-state index is -0.318. The quantitative estimate of drug-likeness (QED) is 0.683. The first kappa shape index (κ1) is 17.3. The number of thiophene rings is 1. The molecule has 1 saturated heterocycles. The molecule has 0 amide bonds. The van der Waals surface area contributed by atoms with Crippen LogP contribution in [0.25, 0.3) is 5.69 Å². The molecule has 3 heterocycles. The normalized spacial score (nSPS) is 20.3. The van der Waals surface area contributed by atoms with E-state index in [0.717, 1.165) is 5.56 Å². The van der Waals surface area contributed by atoms with Crippen molar-refractivity contribution in [2.75, 3.05) is 18.0 Å². The fourth-order valence-corrected chi connectivity index (χ4v) is 4.14. The van der Waals surface area contributed by atoms with Crippen molar-refractivity contribution >= 4 is 28.6 Å². The number of halogens is 1. The van der Waals surface area contributed by atoms with Crippen molar-refractivity contribution in [2.45, 2.75) is 19.1 Å². The molecule has 1 fully saturated rings. The molecule has 5 nitrogen and oxygen atoms in total. The smallest absolute Gasteiger partial charge is 0.292 e. The molecule has 4 rings (SSSR count). The van der Waals surface area contributed by atoms with Crippen LogP contribution in [0.1, 0.15) is 18.6 Å². The Bertz CT molecular complexity index is 943. The third-order valence-electron chi connectivity index (χ3n) is 4.42. The molecule has 0 radical (unpaired) electrons. The molecule has 0 aliphatic carbocycles. The van der Waals surface area contributed by atoms with E-state index in [2.05, 4.69) is 21.4 Å². The molecule has 2 unspecified atom stereocenters. The zero-order chi connectivity index (χ0) is 18.1. The Labute approximate surface area is 160 Å². The van der Waals surface area contributed by atoms with Gasteiger partial charge in [0.05, 0.1) is 23.7 Å². The average Bonchev–Trinajstić information content (AvgIpc) is 3.19. The monoisotopic (exact) mass is 387 g/mol. The van der Waals surface area contributed by atoms with E-state index in [0.29, 0.717) is 24.5 Å². The van der Waals surface area contributed by atoms with E-state index in [4.69, 9.17) is 16.3 Å². The highest BCUT2D eigenvalue weighted by molar-refractivity contribution is 7.07. The number of para-hydroxylation sites is 1. The number of rotatable bonds is 3. The Hall–Kier alpha value is -2.15. The van der Waals surface area contributed by atoms with E-state index in [9.17, 15) is 4.79 Å². The SMILES string of the molecule is CC1CN(c2cnn(-c3ccccc3)c(=O)c2Cl)CC(c2ccsc2)O1. The Morgan fingerprint density at radius 1 is 1.23 bits per heavy atom. The maximum Gasteiger partial charge on any atom is 0.292 e. The van der Waals surface area contributed by atoms with Crippen molar-refractivity contribution in [3.8, 4) is 5.69 Å². The average molecular weight is 388 g/mol. The highest BCUT2D eigenvalue weighted by Crippen LogP contribution is 2.31. The molecule has 0 N–H and O–H groups in total. The van der Waals surface area contributed by atoms with Crippen LogP contribution in [-0.2, 0) is 4.74 Å². The summed E-state index contributed by atoms with van der Waals surface area (Å²) in [4.78, 5) is 14.8. The zero-order valence-electron chi connectivity index (χ0n) is 14.2. The molecule has 0 spiro atoms.